The summed E-state index contributed by atoms with van der Waals surface area (Å²) in [7, 11) is -3.54. The van der Waals surface area contributed by atoms with Crippen molar-refractivity contribution in [3.63, 3.8) is 0 Å². The van der Waals surface area contributed by atoms with E-state index in [4.69, 9.17) is 0 Å². The second-order valence-corrected chi connectivity index (χ2v) is 11.1. The normalized spacial score (nSPS) is 23.9. The van der Waals surface area contributed by atoms with Crippen molar-refractivity contribution < 1.29 is 18.0 Å². The average molecular weight is 448 g/mol. The Bertz CT molecular complexity index is 901. The van der Waals surface area contributed by atoms with Crippen LogP contribution in [0.25, 0.3) is 0 Å². The Kier molecular flexibility index (Phi) is 6.67. The smallest absolute Gasteiger partial charge is 0.243 e. The molecule has 1 atom stereocenters. The van der Waals surface area contributed by atoms with E-state index in [0.717, 1.165) is 37.7 Å². The zero-order valence-corrected chi connectivity index (χ0v) is 19.1. The van der Waals surface area contributed by atoms with Crippen LogP contribution in [0.1, 0.15) is 56.9 Å². The molecule has 170 valence electrons. The fourth-order valence-corrected chi connectivity index (χ4v) is 6.58. The highest BCUT2D eigenvalue weighted by Gasteiger charge is 2.40. The molecule has 1 N–H and O–H groups in total. The SMILES string of the molecule is Cc1ccc(S(=O)(=O)N2CCC(C(=O)N3CCCC3C(=O)NC3CCCC3)CC2)cc1. The van der Waals surface area contributed by atoms with Crippen LogP contribution in [-0.4, -0.2) is 61.2 Å². The molecular formula is C23H33N3O4S. The topological polar surface area (TPSA) is 86.8 Å². The predicted molar refractivity (Wildman–Crippen MR) is 118 cm³/mol. The van der Waals surface area contributed by atoms with Crippen molar-refractivity contribution in [3.8, 4) is 0 Å². The summed E-state index contributed by atoms with van der Waals surface area (Å²) in [5.41, 5.74) is 1.01. The first-order valence-electron chi connectivity index (χ1n) is 11.5. The number of hydrogen-bond donors (Lipinski definition) is 1. The van der Waals surface area contributed by atoms with Crippen molar-refractivity contribution in [1.82, 2.24) is 14.5 Å². The molecule has 8 heteroatoms. The number of nitrogens with zero attached hydrogens (tertiary/aromatic N) is 2. The molecule has 1 unspecified atom stereocenters. The Balaban J connectivity index is 1.35. The molecule has 2 saturated heterocycles. The molecule has 3 fully saturated rings. The molecule has 2 amide bonds. The summed E-state index contributed by atoms with van der Waals surface area (Å²) >= 11 is 0. The van der Waals surface area contributed by atoms with E-state index >= 15 is 0 Å². The first-order chi connectivity index (χ1) is 14.9. The van der Waals surface area contributed by atoms with E-state index in [9.17, 15) is 18.0 Å². The van der Waals surface area contributed by atoms with Gasteiger partial charge in [0.1, 0.15) is 6.04 Å². The summed E-state index contributed by atoms with van der Waals surface area (Å²) in [4.78, 5) is 28.0. The largest absolute Gasteiger partial charge is 0.352 e. The van der Waals surface area contributed by atoms with E-state index in [2.05, 4.69) is 5.32 Å². The van der Waals surface area contributed by atoms with Gasteiger partial charge >= 0.3 is 0 Å². The minimum Gasteiger partial charge on any atom is -0.352 e. The van der Waals surface area contributed by atoms with Gasteiger partial charge in [-0.2, -0.15) is 4.31 Å². The number of nitrogens with one attached hydrogen (secondary N) is 1. The quantitative estimate of drug-likeness (QED) is 0.751. The number of benzene rings is 1. The highest BCUT2D eigenvalue weighted by Crippen LogP contribution is 2.28. The maximum atomic E-state index is 13.2. The lowest BCUT2D eigenvalue weighted by molar-refractivity contribution is -0.142. The highest BCUT2D eigenvalue weighted by atomic mass is 32.2. The molecule has 2 aliphatic heterocycles. The van der Waals surface area contributed by atoms with Crippen LogP contribution in [-0.2, 0) is 19.6 Å². The number of aryl methyl sites for hydroxylation is 1. The maximum Gasteiger partial charge on any atom is 0.243 e. The summed E-state index contributed by atoms with van der Waals surface area (Å²) in [6.45, 7) is 3.20. The molecule has 0 aromatic heterocycles. The van der Waals surface area contributed by atoms with Gasteiger partial charge in [-0.15, -0.1) is 0 Å². The number of amides is 2. The van der Waals surface area contributed by atoms with Gasteiger partial charge in [-0.3, -0.25) is 9.59 Å². The second kappa shape index (κ2) is 9.28. The van der Waals surface area contributed by atoms with Crippen LogP contribution in [0.2, 0.25) is 0 Å². The first-order valence-corrected chi connectivity index (χ1v) is 13.0. The monoisotopic (exact) mass is 447 g/mol. The van der Waals surface area contributed by atoms with Crippen molar-refractivity contribution in [2.75, 3.05) is 19.6 Å². The van der Waals surface area contributed by atoms with Crippen molar-refractivity contribution in [3.05, 3.63) is 29.8 Å². The summed E-state index contributed by atoms with van der Waals surface area (Å²) in [6.07, 6.45) is 6.92. The lowest BCUT2D eigenvalue weighted by Gasteiger charge is -2.34. The third-order valence-electron chi connectivity index (χ3n) is 7.00. The van der Waals surface area contributed by atoms with Crippen LogP contribution in [0, 0.1) is 12.8 Å². The van der Waals surface area contributed by atoms with Crippen molar-refractivity contribution in [2.24, 2.45) is 5.92 Å². The van der Waals surface area contributed by atoms with E-state index in [0.29, 0.717) is 43.8 Å². The Morgan fingerprint density at radius 1 is 0.903 bits per heavy atom. The number of likely N-dealkylation sites (tertiary alicyclic amines) is 1. The van der Waals surface area contributed by atoms with E-state index in [1.807, 2.05) is 6.92 Å². The van der Waals surface area contributed by atoms with Gasteiger partial charge in [-0.05, 0) is 57.6 Å². The molecule has 1 aliphatic carbocycles. The molecule has 0 radical (unpaired) electrons. The molecule has 1 aromatic carbocycles. The van der Waals surface area contributed by atoms with Gasteiger partial charge in [0.05, 0.1) is 4.90 Å². The van der Waals surface area contributed by atoms with Gasteiger partial charge in [-0.25, -0.2) is 8.42 Å². The third kappa shape index (κ3) is 4.80. The minimum atomic E-state index is -3.54. The summed E-state index contributed by atoms with van der Waals surface area (Å²) in [6, 6.07) is 6.75. The Hall–Kier alpha value is -1.93. The Morgan fingerprint density at radius 2 is 1.55 bits per heavy atom. The summed E-state index contributed by atoms with van der Waals surface area (Å²) < 4.78 is 27.3. The maximum absolute atomic E-state index is 13.2. The van der Waals surface area contributed by atoms with Crippen LogP contribution in [0.4, 0.5) is 0 Å². The number of sulfonamides is 1. The van der Waals surface area contributed by atoms with E-state index in [-0.39, 0.29) is 29.8 Å². The number of carbonyl (C=O) groups is 2. The lowest BCUT2D eigenvalue weighted by Crippen LogP contribution is -2.51. The fraction of sp³-hybridized carbons (Fsp3) is 0.652. The third-order valence-corrected chi connectivity index (χ3v) is 8.91. The van der Waals surface area contributed by atoms with Gasteiger partial charge in [-0.1, -0.05) is 30.5 Å². The van der Waals surface area contributed by atoms with Crippen molar-refractivity contribution in [1.29, 1.82) is 0 Å². The van der Waals surface area contributed by atoms with E-state index in [1.165, 1.54) is 4.31 Å². The molecule has 7 nitrogen and oxygen atoms in total. The second-order valence-electron chi connectivity index (χ2n) is 9.17. The molecule has 0 bridgehead atoms. The van der Waals surface area contributed by atoms with Gasteiger partial charge in [0, 0.05) is 31.6 Å². The van der Waals surface area contributed by atoms with Crippen molar-refractivity contribution in [2.45, 2.75) is 75.3 Å². The minimum absolute atomic E-state index is 0.0106. The zero-order chi connectivity index (χ0) is 22.0. The zero-order valence-electron chi connectivity index (χ0n) is 18.3. The summed E-state index contributed by atoms with van der Waals surface area (Å²) in [5.74, 6) is -0.224. The fourth-order valence-electron chi connectivity index (χ4n) is 5.11. The highest BCUT2D eigenvalue weighted by molar-refractivity contribution is 7.89. The molecule has 31 heavy (non-hydrogen) atoms. The average Bonchev–Trinajstić information content (AvgIpc) is 3.46. The molecule has 4 rings (SSSR count). The van der Waals surface area contributed by atoms with Gasteiger partial charge in [0.25, 0.3) is 0 Å². The van der Waals surface area contributed by atoms with Gasteiger partial charge in [0.2, 0.25) is 21.8 Å². The van der Waals surface area contributed by atoms with E-state index in [1.54, 1.807) is 29.2 Å². The standard InChI is InChI=1S/C23H33N3O4S/c1-17-8-10-20(11-9-17)31(29,30)25-15-12-18(13-16-25)23(28)26-14-4-7-21(26)22(27)24-19-5-2-3-6-19/h8-11,18-19,21H,2-7,12-16H2,1H3,(H,24,27). The molecule has 0 spiro atoms. The Morgan fingerprint density at radius 3 is 2.19 bits per heavy atom. The predicted octanol–water partition coefficient (Wildman–Crippen LogP) is 2.45. The summed E-state index contributed by atoms with van der Waals surface area (Å²) in [5, 5.41) is 3.14. The van der Waals surface area contributed by atoms with Gasteiger partial charge < -0.3 is 10.2 Å². The first kappa shape index (κ1) is 22.3. The van der Waals surface area contributed by atoms with E-state index < -0.39 is 10.0 Å². The molecule has 1 aromatic rings. The molecule has 2 heterocycles. The molecular weight excluding hydrogens is 414 g/mol. The molecule has 1 saturated carbocycles. The number of carbonyl (C=O) groups excluding carboxylic acids is 2. The van der Waals surface area contributed by atoms with Crippen LogP contribution in [0.15, 0.2) is 29.2 Å². The number of piperidine rings is 1. The Labute approximate surface area is 185 Å². The van der Waals surface area contributed by atoms with Crippen LogP contribution in [0.5, 0.6) is 0 Å². The van der Waals surface area contributed by atoms with Crippen molar-refractivity contribution >= 4 is 21.8 Å². The van der Waals surface area contributed by atoms with Crippen LogP contribution in [0.3, 0.4) is 0 Å². The van der Waals surface area contributed by atoms with Crippen LogP contribution >= 0.6 is 0 Å². The van der Waals surface area contributed by atoms with Gasteiger partial charge in [0.15, 0.2) is 0 Å². The number of rotatable bonds is 5. The van der Waals surface area contributed by atoms with Crippen LogP contribution < -0.4 is 5.32 Å². The molecule has 3 aliphatic rings. The number of hydrogen-bond acceptors (Lipinski definition) is 4. The lowest BCUT2D eigenvalue weighted by atomic mass is 9.96.